The van der Waals surface area contributed by atoms with E-state index >= 15 is 0 Å². The predicted octanol–water partition coefficient (Wildman–Crippen LogP) is 2.78. The average molecular weight is 327 g/mol. The van der Waals surface area contributed by atoms with E-state index in [1.807, 2.05) is 47.8 Å². The number of rotatable bonds is 5. The van der Waals surface area contributed by atoms with E-state index in [1.54, 1.807) is 0 Å². The first-order valence-electron chi connectivity index (χ1n) is 8.53. The molecule has 0 bridgehead atoms. The molecule has 1 aromatic heterocycles. The molecular weight excluding hydrogens is 302 g/mol. The van der Waals surface area contributed by atoms with Crippen molar-refractivity contribution in [1.82, 2.24) is 14.7 Å². The van der Waals surface area contributed by atoms with Gasteiger partial charge in [0.2, 0.25) is 5.91 Å². The Morgan fingerprint density at radius 1 is 1.25 bits per heavy atom. The molecule has 0 spiro atoms. The molecule has 1 aromatic carbocycles. The van der Waals surface area contributed by atoms with E-state index in [0.29, 0.717) is 19.6 Å². The quantitative estimate of drug-likeness (QED) is 0.794. The molecule has 1 aliphatic rings. The van der Waals surface area contributed by atoms with Gasteiger partial charge in [-0.2, -0.15) is 5.10 Å². The fourth-order valence-corrected chi connectivity index (χ4v) is 3.20. The number of nitrogens with zero attached hydrogens (tertiary/aromatic N) is 3. The highest BCUT2D eigenvalue weighted by atomic mass is 16.5. The highest BCUT2D eigenvalue weighted by Gasteiger charge is 2.24. The fraction of sp³-hybridized carbons (Fsp3) is 0.474. The summed E-state index contributed by atoms with van der Waals surface area (Å²) in [7, 11) is 1.95. The van der Waals surface area contributed by atoms with Gasteiger partial charge in [-0.25, -0.2) is 0 Å². The third-order valence-corrected chi connectivity index (χ3v) is 4.63. The molecule has 0 radical (unpaired) electrons. The lowest BCUT2D eigenvalue weighted by Crippen LogP contribution is -2.36. The highest BCUT2D eigenvalue weighted by Crippen LogP contribution is 2.22. The lowest BCUT2D eigenvalue weighted by Gasteiger charge is -2.27. The summed E-state index contributed by atoms with van der Waals surface area (Å²) in [5, 5.41) is 4.46. The van der Waals surface area contributed by atoms with Crippen LogP contribution in [-0.4, -0.2) is 33.7 Å². The van der Waals surface area contributed by atoms with Crippen LogP contribution >= 0.6 is 0 Å². The van der Waals surface area contributed by atoms with Crippen molar-refractivity contribution >= 4 is 5.91 Å². The van der Waals surface area contributed by atoms with Crippen LogP contribution in [0.2, 0.25) is 0 Å². The minimum Gasteiger partial charge on any atom is -0.494 e. The molecule has 0 unspecified atom stereocenters. The third kappa shape index (κ3) is 3.61. The summed E-state index contributed by atoms with van der Waals surface area (Å²) in [6, 6.07) is 7.99. The van der Waals surface area contributed by atoms with Crippen molar-refractivity contribution in [3.05, 3.63) is 46.8 Å². The molecule has 5 nitrogen and oxygen atoms in total. The Bertz CT molecular complexity index is 719. The zero-order valence-corrected chi connectivity index (χ0v) is 14.7. The van der Waals surface area contributed by atoms with E-state index in [1.165, 1.54) is 16.8 Å². The first-order valence-corrected chi connectivity index (χ1v) is 8.53. The average Bonchev–Trinajstić information content (AvgIpc) is 2.87. The fourth-order valence-electron chi connectivity index (χ4n) is 3.20. The second-order valence-electron chi connectivity index (χ2n) is 6.46. The standard InChI is InChI=1S/C19H25N3O2/c1-14-6-8-16(9-7-14)24-12-4-5-19(23)22-11-10-17-15(2)20-21(3)18(17)13-22/h6-9H,4-5,10-13H2,1-3H3. The molecule has 0 fully saturated rings. The van der Waals surface area contributed by atoms with Crippen molar-refractivity contribution in [2.45, 2.75) is 39.7 Å². The summed E-state index contributed by atoms with van der Waals surface area (Å²) < 4.78 is 7.60. The zero-order chi connectivity index (χ0) is 17.1. The van der Waals surface area contributed by atoms with Crippen LogP contribution in [0.3, 0.4) is 0 Å². The molecule has 1 amide bonds. The van der Waals surface area contributed by atoms with Gasteiger partial charge in [-0.1, -0.05) is 17.7 Å². The molecule has 128 valence electrons. The van der Waals surface area contributed by atoms with Crippen LogP contribution in [0.4, 0.5) is 0 Å². The Morgan fingerprint density at radius 2 is 2.00 bits per heavy atom. The number of benzene rings is 1. The first-order chi connectivity index (χ1) is 11.5. The first kappa shape index (κ1) is 16.6. The molecule has 1 aliphatic heterocycles. The number of amides is 1. The Labute approximate surface area is 143 Å². The minimum atomic E-state index is 0.201. The predicted molar refractivity (Wildman–Crippen MR) is 93.0 cm³/mol. The summed E-state index contributed by atoms with van der Waals surface area (Å²) in [5.41, 5.74) is 4.78. The highest BCUT2D eigenvalue weighted by molar-refractivity contribution is 5.76. The number of carbonyl (C=O) groups is 1. The van der Waals surface area contributed by atoms with E-state index < -0.39 is 0 Å². The summed E-state index contributed by atoms with van der Waals surface area (Å²) in [6.45, 7) is 6.12. The molecule has 3 rings (SSSR count). The van der Waals surface area contributed by atoms with Crippen molar-refractivity contribution in [2.75, 3.05) is 13.2 Å². The maximum Gasteiger partial charge on any atom is 0.223 e. The molecule has 2 aromatic rings. The van der Waals surface area contributed by atoms with Gasteiger partial charge in [0.05, 0.1) is 24.5 Å². The topological polar surface area (TPSA) is 47.4 Å². The number of ether oxygens (including phenoxy) is 1. The van der Waals surface area contributed by atoms with Crippen molar-refractivity contribution in [3.63, 3.8) is 0 Å². The molecule has 0 saturated carbocycles. The normalized spacial score (nSPS) is 13.7. The van der Waals surface area contributed by atoms with Gasteiger partial charge in [0.15, 0.2) is 0 Å². The van der Waals surface area contributed by atoms with Crippen LogP contribution in [0, 0.1) is 13.8 Å². The second kappa shape index (κ2) is 7.07. The Kier molecular flexibility index (Phi) is 4.88. The van der Waals surface area contributed by atoms with Crippen LogP contribution in [0.1, 0.15) is 35.4 Å². The summed E-state index contributed by atoms with van der Waals surface area (Å²) in [4.78, 5) is 14.4. The van der Waals surface area contributed by atoms with Crippen molar-refractivity contribution in [3.8, 4) is 5.75 Å². The Balaban J connectivity index is 1.46. The van der Waals surface area contributed by atoms with Crippen LogP contribution in [0.5, 0.6) is 5.75 Å². The van der Waals surface area contributed by atoms with E-state index in [0.717, 1.165) is 30.8 Å². The number of hydrogen-bond donors (Lipinski definition) is 0. The lowest BCUT2D eigenvalue weighted by molar-refractivity contribution is -0.132. The van der Waals surface area contributed by atoms with Gasteiger partial charge in [-0.05, 0) is 44.4 Å². The molecule has 0 aliphatic carbocycles. The van der Waals surface area contributed by atoms with E-state index in [-0.39, 0.29) is 5.91 Å². The van der Waals surface area contributed by atoms with Gasteiger partial charge in [0, 0.05) is 20.0 Å². The minimum absolute atomic E-state index is 0.201. The Morgan fingerprint density at radius 3 is 2.75 bits per heavy atom. The number of aromatic nitrogens is 2. The smallest absolute Gasteiger partial charge is 0.223 e. The van der Waals surface area contributed by atoms with Crippen molar-refractivity contribution in [2.24, 2.45) is 7.05 Å². The van der Waals surface area contributed by atoms with Crippen LogP contribution < -0.4 is 4.74 Å². The van der Waals surface area contributed by atoms with Crippen LogP contribution in [0.25, 0.3) is 0 Å². The molecule has 0 atom stereocenters. The van der Waals surface area contributed by atoms with Gasteiger partial charge in [0.1, 0.15) is 5.75 Å². The van der Waals surface area contributed by atoms with Gasteiger partial charge in [-0.15, -0.1) is 0 Å². The van der Waals surface area contributed by atoms with E-state index in [4.69, 9.17) is 4.74 Å². The number of fused-ring (bicyclic) bond motifs is 1. The monoisotopic (exact) mass is 327 g/mol. The largest absolute Gasteiger partial charge is 0.494 e. The number of carbonyl (C=O) groups excluding carboxylic acids is 1. The van der Waals surface area contributed by atoms with E-state index in [2.05, 4.69) is 12.0 Å². The van der Waals surface area contributed by atoms with Crippen molar-refractivity contribution < 1.29 is 9.53 Å². The molecule has 2 heterocycles. The molecule has 0 saturated heterocycles. The second-order valence-corrected chi connectivity index (χ2v) is 6.46. The molecule has 24 heavy (non-hydrogen) atoms. The van der Waals surface area contributed by atoms with Gasteiger partial charge in [-0.3, -0.25) is 9.48 Å². The third-order valence-electron chi connectivity index (χ3n) is 4.63. The SMILES string of the molecule is Cc1ccc(OCCCC(=O)N2CCc3c(C)nn(C)c3C2)cc1. The van der Waals surface area contributed by atoms with Gasteiger partial charge >= 0.3 is 0 Å². The van der Waals surface area contributed by atoms with Gasteiger partial charge < -0.3 is 9.64 Å². The van der Waals surface area contributed by atoms with Crippen LogP contribution in [-0.2, 0) is 24.8 Å². The molecule has 5 heteroatoms. The summed E-state index contributed by atoms with van der Waals surface area (Å²) >= 11 is 0. The maximum atomic E-state index is 12.4. The maximum absolute atomic E-state index is 12.4. The van der Waals surface area contributed by atoms with E-state index in [9.17, 15) is 4.79 Å². The van der Waals surface area contributed by atoms with Gasteiger partial charge in [0.25, 0.3) is 0 Å². The van der Waals surface area contributed by atoms with Crippen molar-refractivity contribution in [1.29, 1.82) is 0 Å². The summed E-state index contributed by atoms with van der Waals surface area (Å²) in [6.07, 6.45) is 2.17. The Hall–Kier alpha value is -2.30. The molecular formula is C19H25N3O2. The lowest BCUT2D eigenvalue weighted by atomic mass is 10.0. The van der Waals surface area contributed by atoms with Crippen LogP contribution in [0.15, 0.2) is 24.3 Å². The number of hydrogen-bond acceptors (Lipinski definition) is 3. The zero-order valence-electron chi connectivity index (χ0n) is 14.7. The number of aryl methyl sites for hydroxylation is 3. The summed E-state index contributed by atoms with van der Waals surface area (Å²) in [5.74, 6) is 1.06. The molecule has 0 N–H and O–H groups in total.